The van der Waals surface area contributed by atoms with Crippen molar-refractivity contribution in [3.8, 4) is 5.75 Å². The highest BCUT2D eigenvalue weighted by Crippen LogP contribution is 2.12. The highest BCUT2D eigenvalue weighted by Gasteiger charge is 1.96. The zero-order valence-electron chi connectivity index (χ0n) is 12.0. The minimum Gasteiger partial charge on any atom is -0.494 e. The van der Waals surface area contributed by atoms with Gasteiger partial charge in [-0.15, -0.1) is 0 Å². The van der Waals surface area contributed by atoms with Gasteiger partial charge in [-0.05, 0) is 43.5 Å². The summed E-state index contributed by atoms with van der Waals surface area (Å²) < 4.78 is 5.67. The summed E-state index contributed by atoms with van der Waals surface area (Å²) in [4.78, 5) is 0. The van der Waals surface area contributed by atoms with Gasteiger partial charge in [-0.2, -0.15) is 0 Å². The zero-order chi connectivity index (χ0) is 13.8. The Bertz CT molecular complexity index is 311. The Morgan fingerprint density at radius 1 is 1.05 bits per heavy atom. The summed E-state index contributed by atoms with van der Waals surface area (Å²) in [5.41, 5.74) is 1.27. The van der Waals surface area contributed by atoms with Crippen LogP contribution in [0.1, 0.15) is 44.6 Å². The van der Waals surface area contributed by atoms with Crippen molar-refractivity contribution in [3.05, 3.63) is 29.8 Å². The predicted molar refractivity (Wildman–Crippen MR) is 79.5 cm³/mol. The summed E-state index contributed by atoms with van der Waals surface area (Å²) in [6.07, 6.45) is 5.48. The van der Waals surface area contributed by atoms with E-state index in [2.05, 4.69) is 24.4 Å². The molecule has 0 aliphatic carbocycles. The molecule has 0 amide bonds. The van der Waals surface area contributed by atoms with Crippen molar-refractivity contribution < 1.29 is 9.84 Å². The molecular formula is C16H27NO2. The van der Waals surface area contributed by atoms with E-state index in [1.807, 2.05) is 12.1 Å². The first-order valence-electron chi connectivity index (χ1n) is 7.40. The van der Waals surface area contributed by atoms with Gasteiger partial charge in [-0.1, -0.05) is 31.9 Å². The van der Waals surface area contributed by atoms with Crippen LogP contribution in [0.15, 0.2) is 24.3 Å². The number of hydrogen-bond acceptors (Lipinski definition) is 3. The second kappa shape index (κ2) is 10.8. The summed E-state index contributed by atoms with van der Waals surface area (Å²) in [7, 11) is 0. The molecule has 108 valence electrons. The highest BCUT2D eigenvalue weighted by atomic mass is 16.5. The van der Waals surface area contributed by atoms with Crippen LogP contribution in [0.2, 0.25) is 0 Å². The van der Waals surface area contributed by atoms with Crippen LogP contribution in [0.5, 0.6) is 5.75 Å². The molecule has 0 aliphatic rings. The van der Waals surface area contributed by atoms with Gasteiger partial charge in [0.25, 0.3) is 0 Å². The fraction of sp³-hybridized carbons (Fsp3) is 0.625. The van der Waals surface area contributed by atoms with Gasteiger partial charge in [0.1, 0.15) is 5.75 Å². The van der Waals surface area contributed by atoms with Crippen molar-refractivity contribution in [1.29, 1.82) is 0 Å². The van der Waals surface area contributed by atoms with Crippen LogP contribution >= 0.6 is 0 Å². The lowest BCUT2D eigenvalue weighted by Gasteiger charge is -2.08. The lowest BCUT2D eigenvalue weighted by molar-refractivity contribution is 0.283. The van der Waals surface area contributed by atoms with E-state index < -0.39 is 0 Å². The second-order valence-corrected chi connectivity index (χ2v) is 4.81. The minimum atomic E-state index is 0.283. The quantitative estimate of drug-likeness (QED) is 0.604. The molecule has 0 spiro atoms. The summed E-state index contributed by atoms with van der Waals surface area (Å²) in [6, 6.07) is 8.29. The van der Waals surface area contributed by atoms with Crippen LogP contribution < -0.4 is 10.1 Å². The molecule has 0 aliphatic heterocycles. The average Bonchev–Trinajstić information content (AvgIpc) is 2.45. The lowest BCUT2D eigenvalue weighted by Crippen LogP contribution is -2.14. The van der Waals surface area contributed by atoms with Gasteiger partial charge in [0, 0.05) is 13.2 Å². The molecule has 0 saturated heterocycles. The Balaban J connectivity index is 2.16. The molecule has 19 heavy (non-hydrogen) atoms. The maximum Gasteiger partial charge on any atom is 0.119 e. The Labute approximate surface area is 117 Å². The number of aliphatic hydroxyl groups excluding tert-OH is 1. The molecule has 0 aromatic heterocycles. The van der Waals surface area contributed by atoms with Gasteiger partial charge < -0.3 is 15.2 Å². The predicted octanol–water partition coefficient (Wildman–Crippen LogP) is 3.12. The first-order chi connectivity index (χ1) is 9.36. The van der Waals surface area contributed by atoms with Gasteiger partial charge in [-0.25, -0.2) is 0 Å². The van der Waals surface area contributed by atoms with Crippen molar-refractivity contribution in [3.63, 3.8) is 0 Å². The molecule has 0 fully saturated rings. The van der Waals surface area contributed by atoms with E-state index in [0.717, 1.165) is 44.7 Å². The molecule has 0 unspecified atom stereocenters. The van der Waals surface area contributed by atoms with E-state index in [1.165, 1.54) is 18.4 Å². The zero-order valence-corrected chi connectivity index (χ0v) is 12.0. The SMILES string of the molecule is CCCCCOc1ccc(CNCCCCO)cc1. The maximum absolute atomic E-state index is 8.68. The number of nitrogens with one attached hydrogen (secondary N) is 1. The molecule has 0 radical (unpaired) electrons. The third-order valence-corrected chi connectivity index (χ3v) is 3.03. The highest BCUT2D eigenvalue weighted by molar-refractivity contribution is 5.27. The average molecular weight is 265 g/mol. The Morgan fingerprint density at radius 2 is 1.84 bits per heavy atom. The first-order valence-corrected chi connectivity index (χ1v) is 7.40. The number of unbranched alkanes of at least 4 members (excludes halogenated alkanes) is 3. The van der Waals surface area contributed by atoms with E-state index in [9.17, 15) is 0 Å². The second-order valence-electron chi connectivity index (χ2n) is 4.81. The molecule has 1 rings (SSSR count). The monoisotopic (exact) mass is 265 g/mol. The third kappa shape index (κ3) is 7.85. The van der Waals surface area contributed by atoms with Gasteiger partial charge in [0.2, 0.25) is 0 Å². The standard InChI is InChI=1S/C16H27NO2/c1-2-3-6-13-19-16-9-7-15(8-10-16)14-17-11-4-5-12-18/h7-10,17-18H,2-6,11-14H2,1H3. The number of ether oxygens (including phenoxy) is 1. The summed E-state index contributed by atoms with van der Waals surface area (Å²) in [5.74, 6) is 0.958. The molecule has 0 bridgehead atoms. The number of aliphatic hydroxyl groups is 1. The van der Waals surface area contributed by atoms with Gasteiger partial charge >= 0.3 is 0 Å². The molecule has 2 N–H and O–H groups in total. The first kappa shape index (κ1) is 16.0. The maximum atomic E-state index is 8.68. The Morgan fingerprint density at radius 3 is 2.53 bits per heavy atom. The molecular weight excluding hydrogens is 238 g/mol. The van der Waals surface area contributed by atoms with Crippen LogP contribution in [0.25, 0.3) is 0 Å². The van der Waals surface area contributed by atoms with Crippen LogP contribution in [-0.2, 0) is 6.54 Å². The van der Waals surface area contributed by atoms with Gasteiger partial charge in [0.15, 0.2) is 0 Å². The normalized spacial score (nSPS) is 10.6. The summed E-state index contributed by atoms with van der Waals surface area (Å²) >= 11 is 0. The third-order valence-electron chi connectivity index (χ3n) is 3.03. The van der Waals surface area contributed by atoms with Gasteiger partial charge in [-0.3, -0.25) is 0 Å². The van der Waals surface area contributed by atoms with E-state index in [0.29, 0.717) is 0 Å². The number of rotatable bonds is 11. The van der Waals surface area contributed by atoms with Gasteiger partial charge in [0.05, 0.1) is 6.61 Å². The lowest BCUT2D eigenvalue weighted by atomic mass is 10.2. The van der Waals surface area contributed by atoms with Crippen molar-refractivity contribution in [1.82, 2.24) is 5.32 Å². The number of benzene rings is 1. The van der Waals surface area contributed by atoms with Crippen LogP contribution in [0.4, 0.5) is 0 Å². The van der Waals surface area contributed by atoms with E-state index in [4.69, 9.17) is 9.84 Å². The van der Waals surface area contributed by atoms with Crippen molar-refractivity contribution >= 4 is 0 Å². The molecule has 3 nitrogen and oxygen atoms in total. The van der Waals surface area contributed by atoms with Crippen molar-refractivity contribution in [2.24, 2.45) is 0 Å². The van der Waals surface area contributed by atoms with Crippen LogP contribution in [-0.4, -0.2) is 24.9 Å². The molecule has 3 heteroatoms. The smallest absolute Gasteiger partial charge is 0.119 e. The minimum absolute atomic E-state index is 0.283. The summed E-state index contributed by atoms with van der Waals surface area (Å²) in [6.45, 7) is 5.12. The molecule has 0 saturated carbocycles. The van der Waals surface area contributed by atoms with Crippen LogP contribution in [0.3, 0.4) is 0 Å². The fourth-order valence-electron chi connectivity index (χ4n) is 1.84. The molecule has 0 heterocycles. The van der Waals surface area contributed by atoms with Crippen LogP contribution in [0, 0.1) is 0 Å². The molecule has 1 aromatic rings. The topological polar surface area (TPSA) is 41.5 Å². The van der Waals surface area contributed by atoms with Crippen molar-refractivity contribution in [2.45, 2.75) is 45.6 Å². The Hall–Kier alpha value is -1.06. The fourth-order valence-corrected chi connectivity index (χ4v) is 1.84. The Kier molecular flexibility index (Phi) is 9.11. The van der Waals surface area contributed by atoms with E-state index in [1.54, 1.807) is 0 Å². The van der Waals surface area contributed by atoms with E-state index >= 15 is 0 Å². The number of hydrogen-bond donors (Lipinski definition) is 2. The molecule has 1 aromatic carbocycles. The molecule has 0 atom stereocenters. The van der Waals surface area contributed by atoms with E-state index in [-0.39, 0.29) is 6.61 Å². The summed E-state index contributed by atoms with van der Waals surface area (Å²) in [5, 5.41) is 12.0. The van der Waals surface area contributed by atoms with Crippen molar-refractivity contribution in [2.75, 3.05) is 19.8 Å². The largest absolute Gasteiger partial charge is 0.494 e.